The molecule has 6 rings (SSSR count). The van der Waals surface area contributed by atoms with Crippen LogP contribution in [0.3, 0.4) is 0 Å². The van der Waals surface area contributed by atoms with E-state index in [0.717, 1.165) is 77.4 Å². The van der Waals surface area contributed by atoms with E-state index >= 15 is 0 Å². The standard InChI is InChI=1S/C46H63N7O6/c1-8-32-16-18-47-28-38(32)41-37(27-46(4,5)29-59-58-7)36-26-33(14-15-39(36)49-41)34-22-31(23-35(54)25-34)24-40(44(56)53-21-13-10-17-48-53)50-43(55)42(30(2)3)51(6)45(57)52-19-11-9-12-20-52/h14-16,18,22-23,25-26,28,30,40,42,48-49,54H,8-13,17,19-21,24,27,29H2,1-7H3,(H,50,55). The lowest BCUT2D eigenvalue weighted by Gasteiger charge is -2.37. The molecule has 13 heteroatoms. The first-order chi connectivity index (χ1) is 28.3. The van der Waals surface area contributed by atoms with Gasteiger partial charge in [0.2, 0.25) is 5.91 Å². The van der Waals surface area contributed by atoms with Crippen molar-refractivity contribution in [3.63, 3.8) is 0 Å². The number of amides is 4. The van der Waals surface area contributed by atoms with Gasteiger partial charge < -0.3 is 25.2 Å². The summed E-state index contributed by atoms with van der Waals surface area (Å²) in [6.45, 7) is 13.2. The summed E-state index contributed by atoms with van der Waals surface area (Å²) in [7, 11) is 3.19. The number of H-pyrrole nitrogens is 1. The molecule has 2 atom stereocenters. The number of carbonyl (C=O) groups is 3. The molecule has 2 fully saturated rings. The number of hydrogen-bond acceptors (Lipinski definition) is 8. The highest BCUT2D eigenvalue weighted by Gasteiger charge is 2.36. The summed E-state index contributed by atoms with van der Waals surface area (Å²) in [5.41, 5.74) is 10.6. The number of hydrazine groups is 1. The Balaban J connectivity index is 1.34. The second-order valence-corrected chi connectivity index (χ2v) is 17.3. The van der Waals surface area contributed by atoms with Crippen LogP contribution in [0.5, 0.6) is 5.75 Å². The monoisotopic (exact) mass is 809 g/mol. The van der Waals surface area contributed by atoms with Crippen LogP contribution >= 0.6 is 0 Å². The number of likely N-dealkylation sites (tertiary alicyclic amines) is 1. The van der Waals surface area contributed by atoms with Gasteiger partial charge in [-0.15, -0.1) is 0 Å². The summed E-state index contributed by atoms with van der Waals surface area (Å²) in [4.78, 5) is 64.0. The Morgan fingerprint density at radius 2 is 1.76 bits per heavy atom. The number of fused-ring (bicyclic) bond motifs is 1. The molecule has 318 valence electrons. The van der Waals surface area contributed by atoms with E-state index in [1.807, 2.05) is 43.3 Å². The molecule has 2 aromatic heterocycles. The fourth-order valence-corrected chi connectivity index (χ4v) is 8.61. The average molecular weight is 810 g/mol. The van der Waals surface area contributed by atoms with E-state index in [4.69, 9.17) is 9.78 Å². The number of aromatic amines is 1. The molecule has 59 heavy (non-hydrogen) atoms. The zero-order valence-electron chi connectivity index (χ0n) is 35.9. The number of hydrogen-bond donors (Lipinski definition) is 4. The van der Waals surface area contributed by atoms with E-state index in [-0.39, 0.29) is 41.3 Å². The number of piperidine rings is 1. The Bertz CT molecular complexity index is 2090. The number of phenols is 1. The van der Waals surface area contributed by atoms with Crippen LogP contribution in [-0.2, 0) is 38.6 Å². The summed E-state index contributed by atoms with van der Waals surface area (Å²) in [6.07, 6.45) is 10.2. The van der Waals surface area contributed by atoms with Crippen LogP contribution in [0.25, 0.3) is 33.3 Å². The molecule has 0 bridgehead atoms. The summed E-state index contributed by atoms with van der Waals surface area (Å²) >= 11 is 0. The number of carbonyl (C=O) groups excluding carboxylic acids is 3. The maximum atomic E-state index is 14.2. The second kappa shape index (κ2) is 19.4. The Kier molecular flexibility index (Phi) is 14.3. The van der Waals surface area contributed by atoms with Gasteiger partial charge in [0.05, 0.1) is 19.4 Å². The summed E-state index contributed by atoms with van der Waals surface area (Å²) in [5, 5.41) is 16.9. The van der Waals surface area contributed by atoms with Gasteiger partial charge >= 0.3 is 6.03 Å². The van der Waals surface area contributed by atoms with Gasteiger partial charge in [-0.05, 0) is 114 Å². The lowest BCUT2D eigenvalue weighted by Crippen LogP contribution is -2.60. The maximum absolute atomic E-state index is 14.2. The minimum Gasteiger partial charge on any atom is -0.508 e. The lowest BCUT2D eigenvalue weighted by atomic mass is 9.84. The van der Waals surface area contributed by atoms with Gasteiger partial charge in [-0.25, -0.2) is 20.0 Å². The SMILES string of the molecule is CCc1ccncc1-c1[nH]c2ccc(-c3cc(O)cc(CC(NC(=O)C(C(C)C)N(C)C(=O)N4CCCCC4)C(=O)N4CCCCN4)c3)cc2c1CC(C)(C)COOC. The smallest absolute Gasteiger partial charge is 0.320 e. The van der Waals surface area contributed by atoms with Gasteiger partial charge in [0.15, 0.2) is 0 Å². The van der Waals surface area contributed by atoms with Crippen LogP contribution in [0.15, 0.2) is 54.9 Å². The number of benzene rings is 2. The molecule has 2 unspecified atom stereocenters. The van der Waals surface area contributed by atoms with Crippen LogP contribution in [0.1, 0.15) is 83.4 Å². The molecule has 0 spiro atoms. The molecule has 4 aromatic rings. The predicted molar refractivity (Wildman–Crippen MR) is 230 cm³/mol. The van der Waals surface area contributed by atoms with Gasteiger partial charge in [-0.1, -0.05) is 46.8 Å². The number of pyridine rings is 1. The highest BCUT2D eigenvalue weighted by atomic mass is 17.2. The van der Waals surface area contributed by atoms with E-state index in [2.05, 4.69) is 59.7 Å². The third-order valence-electron chi connectivity index (χ3n) is 11.7. The Morgan fingerprint density at radius 1 is 1.00 bits per heavy atom. The van der Waals surface area contributed by atoms with Crippen molar-refractivity contribution in [2.75, 3.05) is 46.9 Å². The maximum Gasteiger partial charge on any atom is 0.320 e. The van der Waals surface area contributed by atoms with Crippen LogP contribution in [0.4, 0.5) is 4.79 Å². The number of likely N-dealkylation sites (N-methyl/N-ethyl adjacent to an activating group) is 1. The minimum absolute atomic E-state index is 0.0499. The van der Waals surface area contributed by atoms with E-state index in [0.29, 0.717) is 44.8 Å². The zero-order chi connectivity index (χ0) is 42.3. The van der Waals surface area contributed by atoms with E-state index in [9.17, 15) is 19.5 Å². The van der Waals surface area contributed by atoms with Crippen LogP contribution in [0.2, 0.25) is 0 Å². The largest absolute Gasteiger partial charge is 0.508 e. The molecule has 2 aromatic carbocycles. The van der Waals surface area contributed by atoms with Gasteiger partial charge in [-0.3, -0.25) is 19.6 Å². The molecule has 0 radical (unpaired) electrons. The highest BCUT2D eigenvalue weighted by Crippen LogP contribution is 2.39. The predicted octanol–water partition coefficient (Wildman–Crippen LogP) is 7.03. The van der Waals surface area contributed by atoms with E-state index in [1.54, 1.807) is 24.2 Å². The molecule has 2 saturated heterocycles. The molecule has 2 aliphatic heterocycles. The molecule has 2 aliphatic rings. The van der Waals surface area contributed by atoms with Crippen LogP contribution in [0, 0.1) is 11.3 Å². The second-order valence-electron chi connectivity index (χ2n) is 17.3. The Labute approximate surface area is 348 Å². The molecule has 4 amide bonds. The van der Waals surface area contributed by atoms with Crippen molar-refractivity contribution in [1.82, 2.24) is 35.5 Å². The molecule has 4 heterocycles. The van der Waals surface area contributed by atoms with Crippen LogP contribution in [-0.4, -0.2) is 107 Å². The van der Waals surface area contributed by atoms with Crippen molar-refractivity contribution < 1.29 is 29.3 Å². The van der Waals surface area contributed by atoms with Gasteiger partial charge in [0.1, 0.15) is 17.8 Å². The number of aromatic nitrogens is 2. The molecular formula is C46H63N7O6. The summed E-state index contributed by atoms with van der Waals surface area (Å²) < 4.78 is 0. The number of rotatable bonds is 15. The first-order valence-electron chi connectivity index (χ1n) is 21.2. The normalized spacial score (nSPS) is 16.0. The van der Waals surface area contributed by atoms with Crippen molar-refractivity contribution in [1.29, 1.82) is 0 Å². The number of nitrogens with one attached hydrogen (secondary N) is 3. The van der Waals surface area contributed by atoms with Gasteiger partial charge in [0.25, 0.3) is 5.91 Å². The third-order valence-corrected chi connectivity index (χ3v) is 11.7. The first kappa shape index (κ1) is 43.6. The number of aromatic hydroxyl groups is 1. The average Bonchev–Trinajstić information content (AvgIpc) is 3.58. The Morgan fingerprint density at radius 3 is 2.46 bits per heavy atom. The fourth-order valence-electron chi connectivity index (χ4n) is 8.61. The van der Waals surface area contributed by atoms with Crippen molar-refractivity contribution in [2.24, 2.45) is 11.3 Å². The lowest BCUT2D eigenvalue weighted by molar-refractivity contribution is -0.287. The molecule has 0 saturated carbocycles. The van der Waals surface area contributed by atoms with E-state index in [1.165, 1.54) is 17.6 Å². The van der Waals surface area contributed by atoms with Crippen LogP contribution < -0.4 is 10.7 Å². The minimum atomic E-state index is -0.951. The number of phenolic OH excluding ortho intramolecular Hbond substituents is 1. The zero-order valence-corrected chi connectivity index (χ0v) is 35.9. The summed E-state index contributed by atoms with van der Waals surface area (Å²) in [5.74, 6) is -0.802. The van der Waals surface area contributed by atoms with Crippen molar-refractivity contribution >= 4 is 28.7 Å². The number of urea groups is 1. The van der Waals surface area contributed by atoms with Crippen molar-refractivity contribution in [2.45, 2.75) is 98.1 Å². The quantitative estimate of drug-likeness (QED) is 0.0739. The highest BCUT2D eigenvalue weighted by molar-refractivity contribution is 5.95. The van der Waals surface area contributed by atoms with Gasteiger partial charge in [-0.2, -0.15) is 0 Å². The van der Waals surface area contributed by atoms with E-state index < -0.39 is 12.1 Å². The molecule has 0 aliphatic carbocycles. The molecular weight excluding hydrogens is 747 g/mol. The van der Waals surface area contributed by atoms with Gasteiger partial charge in [0, 0.05) is 68.5 Å². The Hall–Kier alpha value is -4.98. The topological polar surface area (TPSA) is 152 Å². The van der Waals surface area contributed by atoms with Crippen molar-refractivity contribution in [3.8, 4) is 28.1 Å². The third kappa shape index (κ3) is 10.4. The summed E-state index contributed by atoms with van der Waals surface area (Å²) in [6, 6.07) is 11.7. The first-order valence-corrected chi connectivity index (χ1v) is 21.2. The fraction of sp³-hybridized carbons (Fsp3) is 0.522. The number of nitrogens with zero attached hydrogens (tertiary/aromatic N) is 4. The molecule has 4 N–H and O–H groups in total. The number of aryl methyl sites for hydroxylation is 1. The van der Waals surface area contributed by atoms with Crippen molar-refractivity contribution in [3.05, 3.63) is 71.5 Å². The molecule has 13 nitrogen and oxygen atoms in total.